The number of halogens is 1. The van der Waals surface area contributed by atoms with E-state index in [1.54, 1.807) is 6.20 Å². The van der Waals surface area contributed by atoms with Crippen LogP contribution in [0, 0.1) is 0 Å². The highest BCUT2D eigenvalue weighted by Crippen LogP contribution is 2.23. The molecule has 6 heteroatoms. The molecule has 2 N–H and O–H groups in total. The summed E-state index contributed by atoms with van der Waals surface area (Å²) in [5.41, 5.74) is 0.366. The Morgan fingerprint density at radius 2 is 2.19 bits per heavy atom. The average Bonchev–Trinajstić information content (AvgIpc) is 2.46. The Labute approximate surface area is 134 Å². The van der Waals surface area contributed by atoms with Gasteiger partial charge in [0.1, 0.15) is 5.82 Å². The molecule has 0 atom stereocenters. The van der Waals surface area contributed by atoms with Gasteiger partial charge in [-0.3, -0.25) is 4.79 Å². The predicted octanol–water partition coefficient (Wildman–Crippen LogP) is 2.96. The van der Waals surface area contributed by atoms with E-state index in [1.165, 1.54) is 0 Å². The number of nitrogens with zero attached hydrogens (tertiary/aromatic N) is 1. The third-order valence-corrected chi connectivity index (χ3v) is 4.09. The van der Waals surface area contributed by atoms with Crippen LogP contribution in [0.15, 0.2) is 16.7 Å². The molecule has 21 heavy (non-hydrogen) atoms. The number of hydrogen-bond donors (Lipinski definition) is 2. The van der Waals surface area contributed by atoms with Crippen molar-refractivity contribution in [1.29, 1.82) is 0 Å². The van der Waals surface area contributed by atoms with Crippen LogP contribution in [0.2, 0.25) is 0 Å². The van der Waals surface area contributed by atoms with Crippen LogP contribution in [0.4, 0.5) is 5.82 Å². The number of amides is 1. The van der Waals surface area contributed by atoms with Crippen LogP contribution in [-0.2, 0) is 4.74 Å². The summed E-state index contributed by atoms with van der Waals surface area (Å²) in [5.74, 6) is 0.542. The standard InChI is InChI=1S/C15H22BrN3O2/c1-3-6-17-13-12(9-11(16)10-18-13)14(20)19-15(2)4-7-21-8-5-15/h9-10H,3-8H2,1-2H3,(H,17,18)(H,19,20). The lowest BCUT2D eigenvalue weighted by molar-refractivity contribution is 0.0423. The maximum atomic E-state index is 12.6. The van der Waals surface area contributed by atoms with Crippen molar-refractivity contribution in [3.8, 4) is 0 Å². The first kappa shape index (κ1) is 16.2. The van der Waals surface area contributed by atoms with Crippen molar-refractivity contribution in [2.24, 2.45) is 0 Å². The third kappa shape index (κ3) is 4.41. The molecular weight excluding hydrogens is 334 g/mol. The molecule has 0 saturated carbocycles. The van der Waals surface area contributed by atoms with E-state index in [4.69, 9.17) is 4.74 Å². The number of aromatic nitrogens is 1. The highest BCUT2D eigenvalue weighted by molar-refractivity contribution is 9.10. The summed E-state index contributed by atoms with van der Waals surface area (Å²) in [6, 6.07) is 1.81. The fourth-order valence-electron chi connectivity index (χ4n) is 2.28. The molecule has 0 radical (unpaired) electrons. The predicted molar refractivity (Wildman–Crippen MR) is 86.6 cm³/mol. The van der Waals surface area contributed by atoms with Crippen molar-refractivity contribution in [3.05, 3.63) is 22.3 Å². The van der Waals surface area contributed by atoms with Crippen LogP contribution in [0.1, 0.15) is 43.5 Å². The minimum absolute atomic E-state index is 0.0909. The molecule has 1 saturated heterocycles. The number of carbonyl (C=O) groups is 1. The largest absolute Gasteiger partial charge is 0.381 e. The van der Waals surface area contributed by atoms with Gasteiger partial charge in [-0.2, -0.15) is 0 Å². The highest BCUT2D eigenvalue weighted by Gasteiger charge is 2.30. The molecule has 116 valence electrons. The monoisotopic (exact) mass is 355 g/mol. The quantitative estimate of drug-likeness (QED) is 0.852. The number of ether oxygens (including phenoxy) is 1. The zero-order valence-corrected chi connectivity index (χ0v) is 14.1. The molecule has 2 rings (SSSR count). The third-order valence-electron chi connectivity index (χ3n) is 3.65. The molecule has 1 aliphatic heterocycles. The minimum atomic E-state index is -0.209. The van der Waals surface area contributed by atoms with Crippen molar-refractivity contribution in [1.82, 2.24) is 10.3 Å². The van der Waals surface area contributed by atoms with E-state index in [0.29, 0.717) is 24.6 Å². The highest BCUT2D eigenvalue weighted by atomic mass is 79.9. The van der Waals surface area contributed by atoms with Gasteiger partial charge < -0.3 is 15.4 Å². The Hall–Kier alpha value is -1.14. The molecule has 1 amide bonds. The van der Waals surface area contributed by atoms with Crippen LogP contribution in [0.25, 0.3) is 0 Å². The van der Waals surface area contributed by atoms with Gasteiger partial charge in [-0.25, -0.2) is 4.98 Å². The van der Waals surface area contributed by atoms with E-state index >= 15 is 0 Å². The summed E-state index contributed by atoms with van der Waals surface area (Å²) in [6.07, 6.45) is 4.34. The van der Waals surface area contributed by atoms with Gasteiger partial charge in [0.25, 0.3) is 5.91 Å². The summed E-state index contributed by atoms with van der Waals surface area (Å²) < 4.78 is 6.16. The molecule has 1 aromatic heterocycles. The molecule has 0 aliphatic carbocycles. The van der Waals surface area contributed by atoms with Crippen LogP contribution in [0.5, 0.6) is 0 Å². The zero-order valence-electron chi connectivity index (χ0n) is 12.5. The summed E-state index contributed by atoms with van der Waals surface area (Å²) in [5, 5.41) is 6.34. The Kier molecular flexibility index (Phi) is 5.58. The first-order valence-electron chi connectivity index (χ1n) is 7.34. The van der Waals surface area contributed by atoms with Gasteiger partial charge >= 0.3 is 0 Å². The number of rotatable bonds is 5. The molecule has 1 aliphatic rings. The molecule has 0 bridgehead atoms. The second-order valence-electron chi connectivity index (χ2n) is 5.60. The lowest BCUT2D eigenvalue weighted by Gasteiger charge is -2.34. The Morgan fingerprint density at radius 1 is 1.48 bits per heavy atom. The van der Waals surface area contributed by atoms with Crippen molar-refractivity contribution < 1.29 is 9.53 Å². The fourth-order valence-corrected chi connectivity index (χ4v) is 2.62. The summed E-state index contributed by atoms with van der Waals surface area (Å²) in [6.45, 7) is 6.32. The second-order valence-corrected chi connectivity index (χ2v) is 6.52. The molecule has 0 spiro atoms. The van der Waals surface area contributed by atoms with Gasteiger partial charge in [0, 0.05) is 36.0 Å². The Balaban J connectivity index is 2.15. The van der Waals surface area contributed by atoms with E-state index in [-0.39, 0.29) is 11.4 Å². The lowest BCUT2D eigenvalue weighted by atomic mass is 9.92. The van der Waals surface area contributed by atoms with E-state index < -0.39 is 0 Å². The minimum Gasteiger partial charge on any atom is -0.381 e. The van der Waals surface area contributed by atoms with Crippen LogP contribution in [0.3, 0.4) is 0 Å². The van der Waals surface area contributed by atoms with Crippen molar-refractivity contribution >= 4 is 27.7 Å². The summed E-state index contributed by atoms with van der Waals surface area (Å²) >= 11 is 3.38. The van der Waals surface area contributed by atoms with Gasteiger partial charge in [-0.1, -0.05) is 6.92 Å². The number of anilines is 1. The van der Waals surface area contributed by atoms with Gasteiger partial charge in [0.2, 0.25) is 0 Å². The SMILES string of the molecule is CCCNc1ncc(Br)cc1C(=O)NC1(C)CCOCC1. The van der Waals surface area contributed by atoms with E-state index in [2.05, 4.69) is 45.4 Å². The Bertz CT molecular complexity index is 502. The molecular formula is C15H22BrN3O2. The molecule has 0 aromatic carbocycles. The number of carbonyl (C=O) groups excluding carboxylic acids is 1. The average molecular weight is 356 g/mol. The first-order valence-corrected chi connectivity index (χ1v) is 8.13. The van der Waals surface area contributed by atoms with Crippen molar-refractivity contribution in [3.63, 3.8) is 0 Å². The first-order chi connectivity index (χ1) is 10.0. The molecule has 5 nitrogen and oxygen atoms in total. The maximum absolute atomic E-state index is 12.6. The molecule has 0 unspecified atom stereocenters. The van der Waals surface area contributed by atoms with Crippen LogP contribution < -0.4 is 10.6 Å². The zero-order chi connectivity index (χ0) is 15.3. The number of nitrogens with one attached hydrogen (secondary N) is 2. The van der Waals surface area contributed by atoms with E-state index in [9.17, 15) is 4.79 Å². The molecule has 1 fully saturated rings. The number of hydrogen-bond acceptors (Lipinski definition) is 4. The maximum Gasteiger partial charge on any atom is 0.255 e. The Morgan fingerprint density at radius 3 is 2.86 bits per heavy atom. The summed E-state index contributed by atoms with van der Waals surface area (Å²) in [7, 11) is 0. The second kappa shape index (κ2) is 7.22. The van der Waals surface area contributed by atoms with Crippen LogP contribution >= 0.6 is 15.9 Å². The summed E-state index contributed by atoms with van der Waals surface area (Å²) in [4.78, 5) is 16.9. The smallest absolute Gasteiger partial charge is 0.255 e. The normalized spacial score (nSPS) is 17.3. The van der Waals surface area contributed by atoms with Gasteiger partial charge in [-0.15, -0.1) is 0 Å². The van der Waals surface area contributed by atoms with E-state index in [1.807, 2.05) is 6.07 Å². The van der Waals surface area contributed by atoms with Crippen molar-refractivity contribution in [2.45, 2.75) is 38.6 Å². The van der Waals surface area contributed by atoms with E-state index in [0.717, 1.165) is 30.3 Å². The van der Waals surface area contributed by atoms with Gasteiger partial charge in [0.05, 0.1) is 5.56 Å². The molecule has 2 heterocycles. The van der Waals surface area contributed by atoms with Gasteiger partial charge in [-0.05, 0) is 48.2 Å². The lowest BCUT2D eigenvalue weighted by Crippen LogP contribution is -2.49. The topological polar surface area (TPSA) is 63.2 Å². The van der Waals surface area contributed by atoms with Gasteiger partial charge in [0.15, 0.2) is 0 Å². The molecule has 1 aromatic rings. The van der Waals surface area contributed by atoms with Crippen molar-refractivity contribution in [2.75, 3.05) is 25.1 Å². The fraction of sp³-hybridized carbons (Fsp3) is 0.600. The number of pyridine rings is 1. The van der Waals surface area contributed by atoms with Crippen LogP contribution in [-0.4, -0.2) is 36.2 Å².